The number of nitrogens with one attached hydrogen (secondary N) is 2. The number of amides is 1. The van der Waals surface area contributed by atoms with Gasteiger partial charge < -0.3 is 19.7 Å². The first-order chi connectivity index (χ1) is 18.7. The minimum atomic E-state index is -4.92. The van der Waals surface area contributed by atoms with Gasteiger partial charge >= 0.3 is 12.4 Å². The van der Waals surface area contributed by atoms with E-state index in [9.17, 15) is 40.7 Å². The third kappa shape index (κ3) is 6.40. The van der Waals surface area contributed by atoms with E-state index >= 15 is 0 Å². The molecule has 1 aliphatic rings. The number of aromatic amines is 1. The third-order valence-corrected chi connectivity index (χ3v) is 6.05. The molecule has 4 rings (SSSR count). The first kappa shape index (κ1) is 28.6. The summed E-state index contributed by atoms with van der Waals surface area (Å²) in [5, 5.41) is 7.74. The largest absolute Gasteiger partial charge is 0.423 e. The summed E-state index contributed by atoms with van der Waals surface area (Å²) >= 11 is 0. The van der Waals surface area contributed by atoms with Gasteiger partial charge in [-0.2, -0.15) is 31.4 Å². The van der Waals surface area contributed by atoms with Crippen LogP contribution in [0, 0.1) is 0 Å². The average Bonchev–Trinajstić information content (AvgIpc) is 2.88. The minimum absolute atomic E-state index is 0.0314. The van der Waals surface area contributed by atoms with Gasteiger partial charge in [-0.15, -0.1) is 0 Å². The fourth-order valence-electron chi connectivity index (χ4n) is 4.13. The first-order valence-electron chi connectivity index (χ1n) is 11.8. The molecule has 0 spiro atoms. The molecule has 2 N–H and O–H groups in total. The van der Waals surface area contributed by atoms with Crippen molar-refractivity contribution < 1.29 is 31.1 Å². The molecule has 1 aliphatic heterocycles. The summed E-state index contributed by atoms with van der Waals surface area (Å²) in [6, 6.07) is 0.477. The number of piperazine rings is 1. The second kappa shape index (κ2) is 11.0. The number of halogens is 6. The van der Waals surface area contributed by atoms with Gasteiger partial charge in [0, 0.05) is 69.6 Å². The van der Waals surface area contributed by atoms with Crippen LogP contribution in [0.1, 0.15) is 28.4 Å². The van der Waals surface area contributed by atoms with Crippen LogP contribution < -0.4 is 21.2 Å². The van der Waals surface area contributed by atoms with Crippen molar-refractivity contribution in [3.63, 3.8) is 0 Å². The number of alkyl halides is 6. The molecule has 0 radical (unpaired) electrons. The highest BCUT2D eigenvalue weighted by molar-refractivity contribution is 5.94. The summed E-state index contributed by atoms with van der Waals surface area (Å²) in [5.74, 6) is -0.501. The highest BCUT2D eigenvalue weighted by atomic mass is 19.4. The molecule has 17 heteroatoms. The van der Waals surface area contributed by atoms with E-state index in [0.717, 1.165) is 12.3 Å². The lowest BCUT2D eigenvalue weighted by Gasteiger charge is -2.34. The molecule has 4 heterocycles. The number of hydrogen-bond donors (Lipinski definition) is 2. The van der Waals surface area contributed by atoms with Crippen molar-refractivity contribution in [3.8, 4) is 0 Å². The Morgan fingerprint density at radius 3 is 2.27 bits per heavy atom. The Kier molecular flexibility index (Phi) is 7.84. The van der Waals surface area contributed by atoms with Crippen LogP contribution >= 0.6 is 0 Å². The predicted molar refractivity (Wildman–Crippen MR) is 129 cm³/mol. The first-order valence-corrected chi connectivity index (χ1v) is 11.8. The Morgan fingerprint density at radius 2 is 1.68 bits per heavy atom. The van der Waals surface area contributed by atoms with Crippen molar-refractivity contribution in [3.05, 3.63) is 74.3 Å². The zero-order valence-electron chi connectivity index (χ0n) is 20.8. The van der Waals surface area contributed by atoms with E-state index in [0.29, 0.717) is 12.4 Å². The fourth-order valence-corrected chi connectivity index (χ4v) is 4.13. The Hall–Kier alpha value is -4.44. The molecule has 1 amide bonds. The van der Waals surface area contributed by atoms with Crippen LogP contribution in [-0.4, -0.2) is 67.8 Å². The number of carbonyl (C=O) groups excluding carboxylic acids is 1. The monoisotopic (exact) mass is 572 g/mol. The maximum atomic E-state index is 13.3. The Labute approximate surface area is 221 Å². The highest BCUT2D eigenvalue weighted by Crippen LogP contribution is 2.32. The van der Waals surface area contributed by atoms with Gasteiger partial charge in [0.1, 0.15) is 11.1 Å². The molecule has 214 valence electrons. The second-order valence-corrected chi connectivity index (χ2v) is 9.00. The lowest BCUT2D eigenvalue weighted by Crippen LogP contribution is -2.50. The summed E-state index contributed by atoms with van der Waals surface area (Å²) in [5.41, 5.74) is -5.05. The summed E-state index contributed by atoms with van der Waals surface area (Å²) < 4.78 is 79.6. The summed E-state index contributed by atoms with van der Waals surface area (Å²) in [4.78, 5) is 47.7. The third-order valence-electron chi connectivity index (χ3n) is 6.05. The van der Waals surface area contributed by atoms with E-state index in [-0.39, 0.29) is 44.2 Å². The molecule has 0 bridgehead atoms. The van der Waals surface area contributed by atoms with Gasteiger partial charge in [0.05, 0.1) is 17.4 Å². The number of anilines is 2. The molecule has 0 aliphatic carbocycles. The molecular weight excluding hydrogens is 550 g/mol. The van der Waals surface area contributed by atoms with Crippen molar-refractivity contribution in [1.29, 1.82) is 0 Å². The van der Waals surface area contributed by atoms with Crippen LogP contribution in [0.2, 0.25) is 0 Å². The molecule has 11 nitrogen and oxygen atoms in total. The van der Waals surface area contributed by atoms with Crippen LogP contribution in [0.15, 0.2) is 46.6 Å². The van der Waals surface area contributed by atoms with E-state index in [2.05, 4.69) is 20.4 Å². The quantitative estimate of drug-likeness (QED) is 0.431. The van der Waals surface area contributed by atoms with Gasteiger partial charge in [0.25, 0.3) is 11.5 Å². The number of pyridine rings is 1. The van der Waals surface area contributed by atoms with Crippen molar-refractivity contribution >= 4 is 17.5 Å². The average molecular weight is 572 g/mol. The van der Waals surface area contributed by atoms with Gasteiger partial charge in [0.2, 0.25) is 5.95 Å². The molecule has 0 saturated carbocycles. The van der Waals surface area contributed by atoms with Crippen LogP contribution in [0.25, 0.3) is 0 Å². The van der Waals surface area contributed by atoms with Crippen LogP contribution in [0.3, 0.4) is 0 Å². The number of rotatable bonds is 6. The Bertz CT molecular complexity index is 1480. The summed E-state index contributed by atoms with van der Waals surface area (Å²) in [6.07, 6.45) is -4.62. The van der Waals surface area contributed by atoms with E-state index < -0.39 is 52.1 Å². The number of H-pyrrole nitrogens is 1. The van der Waals surface area contributed by atoms with Gasteiger partial charge in [0.15, 0.2) is 5.43 Å². The van der Waals surface area contributed by atoms with E-state index in [1.165, 1.54) is 21.9 Å². The number of hydrogen-bond acceptors (Lipinski definition) is 8. The topological polar surface area (TPSA) is 129 Å². The molecule has 1 saturated heterocycles. The summed E-state index contributed by atoms with van der Waals surface area (Å²) in [7, 11) is 0. The SMILES string of the molecule is CC(Cn1ccc(=O)c(C(=O)N2CCN(c3ncc(C(F)(F)F)cn3)CC2)c1)Nc1cn[nH]c(=O)c1C(F)(F)F. The van der Waals surface area contributed by atoms with E-state index in [1.807, 2.05) is 0 Å². The Balaban J connectivity index is 1.41. The maximum Gasteiger partial charge on any atom is 0.423 e. The van der Waals surface area contributed by atoms with Crippen molar-refractivity contribution in [1.82, 2.24) is 29.6 Å². The number of aromatic nitrogens is 5. The lowest BCUT2D eigenvalue weighted by atomic mass is 10.2. The van der Waals surface area contributed by atoms with Gasteiger partial charge in [-0.05, 0) is 6.92 Å². The molecular formula is C23H22F6N8O3. The molecule has 1 unspecified atom stereocenters. The van der Waals surface area contributed by atoms with Gasteiger partial charge in [-0.3, -0.25) is 14.4 Å². The molecule has 1 fully saturated rings. The molecule has 3 aromatic heterocycles. The predicted octanol–water partition coefficient (Wildman–Crippen LogP) is 2.22. The number of carbonyl (C=O) groups is 1. The smallest absolute Gasteiger partial charge is 0.379 e. The molecule has 3 aromatic rings. The minimum Gasteiger partial charge on any atom is -0.379 e. The molecule has 40 heavy (non-hydrogen) atoms. The van der Waals surface area contributed by atoms with Crippen LogP contribution in [0.4, 0.5) is 38.0 Å². The van der Waals surface area contributed by atoms with Crippen molar-refractivity contribution in [2.24, 2.45) is 0 Å². The van der Waals surface area contributed by atoms with E-state index in [1.54, 1.807) is 16.9 Å². The zero-order chi connectivity index (χ0) is 29.2. The second-order valence-electron chi connectivity index (χ2n) is 9.00. The molecule has 0 aromatic carbocycles. The Morgan fingerprint density at radius 1 is 1.02 bits per heavy atom. The van der Waals surface area contributed by atoms with Crippen LogP contribution in [-0.2, 0) is 18.9 Å². The fraction of sp³-hybridized carbons (Fsp3) is 0.391. The van der Waals surface area contributed by atoms with Crippen molar-refractivity contribution in [2.45, 2.75) is 31.9 Å². The van der Waals surface area contributed by atoms with Crippen LogP contribution in [0.5, 0.6) is 0 Å². The lowest BCUT2D eigenvalue weighted by molar-refractivity contribution is -0.139. The maximum absolute atomic E-state index is 13.3. The molecule has 1 atom stereocenters. The highest BCUT2D eigenvalue weighted by Gasteiger charge is 2.37. The normalized spacial score (nSPS) is 15.2. The van der Waals surface area contributed by atoms with Gasteiger partial charge in [-0.1, -0.05) is 0 Å². The van der Waals surface area contributed by atoms with E-state index in [4.69, 9.17) is 0 Å². The number of nitrogens with zero attached hydrogens (tertiary/aromatic N) is 6. The summed E-state index contributed by atoms with van der Waals surface area (Å²) in [6.45, 7) is 2.29. The van der Waals surface area contributed by atoms with Gasteiger partial charge in [-0.25, -0.2) is 15.1 Å². The standard InChI is InChI=1S/C23H22F6N8O3/c1-13(33-16-10-32-34-19(39)18(16)23(27,28)29)11-35-3-2-17(38)15(12-35)20(40)36-4-6-37(7-5-36)21-30-8-14(9-31-21)22(24,25)26/h2-3,8-10,12-13H,4-7,11H2,1H3,(H2,33,34,39). The zero-order valence-corrected chi connectivity index (χ0v) is 20.8. The van der Waals surface area contributed by atoms with Crippen molar-refractivity contribution in [2.75, 3.05) is 36.4 Å².